The Morgan fingerprint density at radius 3 is 2.54 bits per heavy atom. The van der Waals surface area contributed by atoms with Gasteiger partial charge in [0.05, 0.1) is 54.5 Å². The highest BCUT2D eigenvalue weighted by molar-refractivity contribution is 6.00. The third-order valence-corrected chi connectivity index (χ3v) is 12.1. The first-order valence-electron chi connectivity index (χ1n) is 20.9. The summed E-state index contributed by atoms with van der Waals surface area (Å²) in [6, 6.07) is 7.57. The average molecular weight is 828 g/mol. The SMILES string of the molecule is CC[C@H]1OC(=O)[C@H](C)C(=O)[C@H](C)[C@@H](O[C@@H]2O[C@H](C)C[C@H](N(C)C)[C@H]2O)[C@@]2(C)C[C@@H](C)C(=NC(C)=O)C[C@@H](OC/C(=N/OCCCn3cnc4ccccc43)CO2)[C@]1(C)O. The minimum Gasteiger partial charge on any atom is -0.459 e. The number of amides is 1. The van der Waals surface area contributed by atoms with Crippen LogP contribution in [-0.4, -0.2) is 142 Å². The number of nitrogens with zero attached hydrogens (tertiary/aromatic N) is 5. The molecule has 328 valence electrons. The molecule has 0 unspecified atom stereocenters. The minimum absolute atomic E-state index is 0.00703. The number of fused-ring (bicyclic) bond motifs is 6. The largest absolute Gasteiger partial charge is 0.459 e. The zero-order valence-electron chi connectivity index (χ0n) is 36.3. The number of carbonyl (C=O) groups is 3. The molecule has 2 N–H and O–H groups in total. The third kappa shape index (κ3) is 11.0. The second-order valence-electron chi connectivity index (χ2n) is 17.2. The monoisotopic (exact) mass is 827 g/mol. The van der Waals surface area contributed by atoms with Crippen LogP contribution in [0.15, 0.2) is 40.7 Å². The van der Waals surface area contributed by atoms with Gasteiger partial charge in [-0.05, 0) is 79.1 Å². The van der Waals surface area contributed by atoms with Gasteiger partial charge in [-0.3, -0.25) is 14.4 Å². The van der Waals surface area contributed by atoms with Crippen molar-refractivity contribution >= 4 is 40.1 Å². The van der Waals surface area contributed by atoms with Gasteiger partial charge in [0.2, 0.25) is 5.91 Å². The van der Waals surface area contributed by atoms with Crippen molar-refractivity contribution in [2.75, 3.05) is 33.9 Å². The number of rotatable bonds is 9. The lowest BCUT2D eigenvalue weighted by Gasteiger charge is -2.47. The lowest BCUT2D eigenvalue weighted by Crippen LogP contribution is -2.59. The van der Waals surface area contributed by atoms with Crippen LogP contribution in [0.5, 0.6) is 0 Å². The van der Waals surface area contributed by atoms with Crippen LogP contribution < -0.4 is 0 Å². The van der Waals surface area contributed by atoms with Crippen LogP contribution in [0.1, 0.15) is 87.5 Å². The maximum Gasteiger partial charge on any atom is 0.316 e. The molecular weight excluding hydrogens is 762 g/mol. The molecule has 3 fully saturated rings. The molecule has 2 bridgehead atoms. The molecule has 59 heavy (non-hydrogen) atoms. The number of ketones is 1. The van der Waals surface area contributed by atoms with Crippen molar-refractivity contribution in [1.29, 1.82) is 0 Å². The van der Waals surface area contributed by atoms with Crippen LogP contribution in [0.25, 0.3) is 11.0 Å². The number of hydrogen-bond acceptors (Lipinski definition) is 14. The van der Waals surface area contributed by atoms with Gasteiger partial charge in [-0.2, -0.15) is 0 Å². The summed E-state index contributed by atoms with van der Waals surface area (Å²) in [5.41, 5.74) is -0.502. The van der Waals surface area contributed by atoms with Crippen LogP contribution >= 0.6 is 0 Å². The number of esters is 1. The van der Waals surface area contributed by atoms with E-state index in [2.05, 4.69) is 15.1 Å². The molecule has 0 saturated carbocycles. The lowest BCUT2D eigenvalue weighted by atomic mass is 9.76. The van der Waals surface area contributed by atoms with Crippen LogP contribution in [0.4, 0.5) is 0 Å². The first-order chi connectivity index (χ1) is 27.9. The second-order valence-corrected chi connectivity index (χ2v) is 17.2. The van der Waals surface area contributed by atoms with Gasteiger partial charge in [-0.1, -0.05) is 38.1 Å². The number of hydrogen-bond donors (Lipinski definition) is 2. The number of imidazole rings is 1. The van der Waals surface area contributed by atoms with Gasteiger partial charge >= 0.3 is 5.97 Å². The molecule has 12 atom stereocenters. The van der Waals surface area contributed by atoms with Gasteiger partial charge < -0.3 is 48.2 Å². The van der Waals surface area contributed by atoms with E-state index in [0.717, 1.165) is 11.0 Å². The Kier molecular flexibility index (Phi) is 15.6. The van der Waals surface area contributed by atoms with E-state index in [1.54, 1.807) is 27.1 Å². The minimum atomic E-state index is -1.81. The molecule has 5 rings (SSSR count). The fourth-order valence-corrected chi connectivity index (χ4v) is 8.65. The van der Waals surface area contributed by atoms with Gasteiger partial charge in [0.25, 0.3) is 0 Å². The van der Waals surface area contributed by atoms with E-state index in [1.807, 2.05) is 61.7 Å². The Morgan fingerprint density at radius 1 is 1.12 bits per heavy atom. The van der Waals surface area contributed by atoms with Gasteiger partial charge in [0.1, 0.15) is 36.0 Å². The van der Waals surface area contributed by atoms with Crippen molar-refractivity contribution in [1.82, 2.24) is 14.5 Å². The highest BCUT2D eigenvalue weighted by atomic mass is 16.7. The smallest absolute Gasteiger partial charge is 0.316 e. The van der Waals surface area contributed by atoms with Crippen molar-refractivity contribution in [3.8, 4) is 0 Å². The number of para-hydroxylation sites is 2. The molecule has 1 aromatic carbocycles. The Balaban J connectivity index is 1.57. The van der Waals surface area contributed by atoms with E-state index >= 15 is 0 Å². The maximum absolute atomic E-state index is 14.5. The Labute approximate surface area is 347 Å². The van der Waals surface area contributed by atoms with Crippen molar-refractivity contribution in [2.24, 2.45) is 27.9 Å². The zero-order valence-corrected chi connectivity index (χ0v) is 36.3. The molecule has 4 heterocycles. The van der Waals surface area contributed by atoms with Crippen molar-refractivity contribution in [2.45, 2.75) is 148 Å². The van der Waals surface area contributed by atoms with E-state index < -0.39 is 77.3 Å². The van der Waals surface area contributed by atoms with Crippen molar-refractivity contribution in [3.05, 3.63) is 30.6 Å². The highest BCUT2D eigenvalue weighted by Gasteiger charge is 2.51. The number of aliphatic hydroxyl groups is 2. The Hall–Kier alpha value is -3.64. The molecule has 3 saturated heterocycles. The number of cyclic esters (lactones) is 1. The Bertz CT molecular complexity index is 1830. The zero-order chi connectivity index (χ0) is 43.2. The lowest BCUT2D eigenvalue weighted by molar-refractivity contribution is -0.296. The van der Waals surface area contributed by atoms with E-state index in [1.165, 1.54) is 20.8 Å². The van der Waals surface area contributed by atoms with Gasteiger partial charge in [-0.25, -0.2) is 9.98 Å². The molecule has 2 aromatic rings. The van der Waals surface area contributed by atoms with E-state index in [-0.39, 0.29) is 51.2 Å². The number of aliphatic imine (C=N–C) groups is 1. The average Bonchev–Trinajstić information content (AvgIpc) is 3.59. The number of oxime groups is 1. The molecule has 0 radical (unpaired) electrons. The number of likely N-dealkylation sites (N-methyl/N-ethyl adjacent to an activating group) is 1. The second kappa shape index (κ2) is 19.8. The highest BCUT2D eigenvalue weighted by Crippen LogP contribution is 2.39. The molecular formula is C43H65N5O11. The van der Waals surface area contributed by atoms with Crippen LogP contribution in [0.2, 0.25) is 0 Å². The van der Waals surface area contributed by atoms with Crippen LogP contribution in [0, 0.1) is 17.8 Å². The molecule has 3 aliphatic rings. The normalized spacial score (nSPS) is 36.9. The summed E-state index contributed by atoms with van der Waals surface area (Å²) < 4.78 is 34.3. The summed E-state index contributed by atoms with van der Waals surface area (Å²) in [6.45, 7) is 13.9. The number of Topliss-reactive ketones (excluding diaryl/α,β-unsaturated/α-hetero) is 1. The van der Waals surface area contributed by atoms with Gasteiger partial charge in [-0.15, -0.1) is 0 Å². The number of ether oxygens (including phenoxy) is 5. The standard InChI is InChI=1S/C43H65N5O11/c1-11-35-43(8,53)36-20-32(45-29(6)49)25(2)21-42(7,55-23-30(22-54-36)46-56-18-14-17-48-24-44-31-15-12-13-16-33(31)48)39(27(4)37(50)28(5)40(52)58-35)59-41-38(51)34(47(9)10)19-26(3)57-41/h12-13,15-16,24-28,34-36,38-39,41,51,53H,11,14,17-23H2,1-10H3/b45-32?,46-30-/t25-,26-,27+,28-,34+,35-,36-,38-,39-,41+,42-,43-/m1/s1. The summed E-state index contributed by atoms with van der Waals surface area (Å²) >= 11 is 0. The molecule has 0 spiro atoms. The number of aromatic nitrogens is 2. The predicted octanol–water partition coefficient (Wildman–Crippen LogP) is 4.12. The quantitative estimate of drug-likeness (QED) is 0.159. The molecule has 1 aromatic heterocycles. The van der Waals surface area contributed by atoms with Crippen molar-refractivity contribution < 1.29 is 53.1 Å². The van der Waals surface area contributed by atoms with Crippen molar-refractivity contribution in [3.63, 3.8) is 0 Å². The topological polar surface area (TPSA) is 193 Å². The molecule has 3 aliphatic heterocycles. The number of carbonyl (C=O) groups excluding carboxylic acids is 3. The third-order valence-electron chi connectivity index (χ3n) is 12.1. The first kappa shape index (κ1) is 46.4. The van der Waals surface area contributed by atoms with E-state index in [4.69, 9.17) is 28.5 Å². The summed E-state index contributed by atoms with van der Waals surface area (Å²) in [7, 11) is 3.74. The molecule has 16 nitrogen and oxygen atoms in total. The van der Waals surface area contributed by atoms with Gasteiger partial charge in [0.15, 0.2) is 12.1 Å². The summed E-state index contributed by atoms with van der Waals surface area (Å²) in [6.07, 6.45) is -2.52. The van der Waals surface area contributed by atoms with E-state index in [0.29, 0.717) is 30.8 Å². The van der Waals surface area contributed by atoms with E-state index in [9.17, 15) is 24.6 Å². The number of aliphatic hydroxyl groups excluding tert-OH is 1. The maximum atomic E-state index is 14.5. The number of benzene rings is 1. The molecule has 16 heteroatoms. The van der Waals surface area contributed by atoms with Crippen LogP contribution in [-0.2, 0) is 49.5 Å². The van der Waals surface area contributed by atoms with Gasteiger partial charge in [0, 0.05) is 44.0 Å². The summed E-state index contributed by atoms with van der Waals surface area (Å²) in [5.74, 6) is -4.50. The summed E-state index contributed by atoms with van der Waals surface area (Å²) in [4.78, 5) is 57.6. The predicted molar refractivity (Wildman–Crippen MR) is 220 cm³/mol. The number of aryl methyl sites for hydroxylation is 1. The van der Waals surface area contributed by atoms with Crippen LogP contribution in [0.3, 0.4) is 0 Å². The molecule has 0 aliphatic carbocycles. The fourth-order valence-electron chi connectivity index (χ4n) is 8.65. The fraction of sp³-hybridized carbons (Fsp3) is 0.721. The Morgan fingerprint density at radius 2 is 1.85 bits per heavy atom. The molecule has 1 amide bonds. The summed E-state index contributed by atoms with van der Waals surface area (Å²) in [5, 5.41) is 28.4. The first-order valence-corrected chi connectivity index (χ1v) is 20.9.